The fraction of sp³-hybridized carbons (Fsp3) is 0.421. The molecular weight excluding hydrogens is 428 g/mol. The zero-order valence-electron chi connectivity index (χ0n) is 15.7. The summed E-state index contributed by atoms with van der Waals surface area (Å²) in [7, 11) is 0. The largest absolute Gasteiger partial charge is 0.463 e. The SMILES string of the molecule is CCCCSc1nc2n(n1)[C@@H](c1ccc(Br)cc1)C(C(=O)OCC)=C(C)N2. The molecule has 8 heteroatoms. The van der Waals surface area contributed by atoms with Gasteiger partial charge in [0.2, 0.25) is 11.1 Å². The van der Waals surface area contributed by atoms with Gasteiger partial charge in [0.05, 0.1) is 12.2 Å². The van der Waals surface area contributed by atoms with Crippen LogP contribution in [0.15, 0.2) is 45.2 Å². The molecule has 144 valence electrons. The van der Waals surface area contributed by atoms with Crippen LogP contribution in [0, 0.1) is 0 Å². The molecule has 3 rings (SSSR count). The Balaban J connectivity index is 2.03. The molecule has 1 aliphatic heterocycles. The average molecular weight is 451 g/mol. The van der Waals surface area contributed by atoms with Crippen LogP contribution in [0.5, 0.6) is 0 Å². The lowest BCUT2D eigenvalue weighted by molar-refractivity contribution is -0.139. The minimum Gasteiger partial charge on any atom is -0.463 e. The van der Waals surface area contributed by atoms with Crippen LogP contribution in [0.25, 0.3) is 0 Å². The van der Waals surface area contributed by atoms with Crippen LogP contribution in [0.1, 0.15) is 45.2 Å². The van der Waals surface area contributed by atoms with Crippen LogP contribution >= 0.6 is 27.7 Å². The molecule has 1 aromatic carbocycles. The number of allylic oxidation sites excluding steroid dienone is 1. The van der Waals surface area contributed by atoms with E-state index in [1.54, 1.807) is 16.4 Å². The number of nitrogens with zero attached hydrogens (tertiary/aromatic N) is 3. The number of fused-ring (bicyclic) bond motifs is 1. The second kappa shape index (κ2) is 8.93. The molecule has 0 amide bonds. The van der Waals surface area contributed by atoms with Gasteiger partial charge in [-0.2, -0.15) is 4.98 Å². The van der Waals surface area contributed by atoms with Gasteiger partial charge in [-0.15, -0.1) is 5.10 Å². The molecule has 0 fully saturated rings. The first-order valence-corrected chi connectivity index (χ1v) is 10.8. The molecule has 0 bridgehead atoms. The number of rotatable bonds is 7. The second-order valence-corrected chi connectivity index (χ2v) is 8.18. The van der Waals surface area contributed by atoms with Gasteiger partial charge in [0.25, 0.3) is 0 Å². The number of hydrogen-bond acceptors (Lipinski definition) is 6. The van der Waals surface area contributed by atoms with E-state index in [2.05, 4.69) is 38.3 Å². The lowest BCUT2D eigenvalue weighted by atomic mass is 9.96. The zero-order chi connectivity index (χ0) is 19.4. The standard InChI is InChI=1S/C19H23BrN4O2S/c1-4-6-11-27-19-22-18-21-12(3)15(17(25)26-5-2)16(24(18)23-19)13-7-9-14(20)10-8-13/h7-10,16H,4-6,11H2,1-3H3,(H,21,22,23)/t16-/m0/s1. The molecular formula is C19H23BrN4O2S. The highest BCUT2D eigenvalue weighted by molar-refractivity contribution is 9.10. The van der Waals surface area contributed by atoms with Gasteiger partial charge >= 0.3 is 5.97 Å². The normalized spacial score (nSPS) is 16.1. The third-order valence-electron chi connectivity index (χ3n) is 4.24. The van der Waals surface area contributed by atoms with E-state index in [4.69, 9.17) is 4.74 Å². The van der Waals surface area contributed by atoms with Crippen molar-refractivity contribution >= 4 is 39.6 Å². The van der Waals surface area contributed by atoms with Gasteiger partial charge in [0.15, 0.2) is 0 Å². The quantitative estimate of drug-likeness (QED) is 0.371. The molecule has 0 spiro atoms. The number of hydrogen-bond donors (Lipinski definition) is 1. The number of thioether (sulfide) groups is 1. The highest BCUT2D eigenvalue weighted by Crippen LogP contribution is 2.37. The van der Waals surface area contributed by atoms with Crippen molar-refractivity contribution in [3.05, 3.63) is 45.6 Å². The van der Waals surface area contributed by atoms with E-state index in [9.17, 15) is 4.79 Å². The molecule has 2 aromatic rings. The molecule has 0 saturated carbocycles. The number of ether oxygens (including phenoxy) is 1. The number of carbonyl (C=O) groups excluding carboxylic acids is 1. The number of halogens is 1. The Morgan fingerprint density at radius 2 is 2.07 bits per heavy atom. The van der Waals surface area contributed by atoms with Crippen molar-refractivity contribution < 1.29 is 9.53 Å². The molecule has 6 nitrogen and oxygen atoms in total. The predicted octanol–water partition coefficient (Wildman–Crippen LogP) is 4.78. The van der Waals surface area contributed by atoms with Gasteiger partial charge in [-0.05, 0) is 38.0 Å². The minimum absolute atomic E-state index is 0.324. The lowest BCUT2D eigenvalue weighted by Crippen LogP contribution is -2.29. The van der Waals surface area contributed by atoms with Crippen molar-refractivity contribution in [3.63, 3.8) is 0 Å². The van der Waals surface area contributed by atoms with Crippen molar-refractivity contribution in [2.24, 2.45) is 0 Å². The van der Waals surface area contributed by atoms with E-state index in [1.165, 1.54) is 0 Å². The Bertz CT molecular complexity index is 848. The van der Waals surface area contributed by atoms with E-state index < -0.39 is 0 Å². The third kappa shape index (κ3) is 4.38. The molecule has 2 heterocycles. The maximum atomic E-state index is 12.7. The summed E-state index contributed by atoms with van der Waals surface area (Å²) in [6.07, 6.45) is 2.25. The van der Waals surface area contributed by atoms with Gasteiger partial charge in [0.1, 0.15) is 6.04 Å². The van der Waals surface area contributed by atoms with Crippen molar-refractivity contribution in [1.82, 2.24) is 14.8 Å². The Kier molecular flexibility index (Phi) is 6.59. The number of unbranched alkanes of at least 4 members (excludes halogenated alkanes) is 1. The fourth-order valence-electron chi connectivity index (χ4n) is 2.93. The molecule has 0 aliphatic carbocycles. The molecule has 0 saturated heterocycles. The summed E-state index contributed by atoms with van der Waals surface area (Å²) >= 11 is 5.10. The van der Waals surface area contributed by atoms with Gasteiger partial charge in [-0.25, -0.2) is 9.48 Å². The number of esters is 1. The summed E-state index contributed by atoms with van der Waals surface area (Å²) in [6, 6.07) is 7.52. The highest BCUT2D eigenvalue weighted by atomic mass is 79.9. The summed E-state index contributed by atoms with van der Waals surface area (Å²) in [5.74, 6) is 1.28. The molecule has 1 aliphatic rings. The monoisotopic (exact) mass is 450 g/mol. The van der Waals surface area contributed by atoms with Crippen molar-refractivity contribution in [1.29, 1.82) is 0 Å². The first-order chi connectivity index (χ1) is 13.0. The number of aromatic nitrogens is 3. The highest BCUT2D eigenvalue weighted by Gasteiger charge is 2.35. The van der Waals surface area contributed by atoms with Gasteiger partial charge in [-0.3, -0.25) is 0 Å². The number of nitrogens with one attached hydrogen (secondary N) is 1. The molecule has 0 radical (unpaired) electrons. The van der Waals surface area contributed by atoms with Crippen LogP contribution in [0.3, 0.4) is 0 Å². The molecule has 27 heavy (non-hydrogen) atoms. The van der Waals surface area contributed by atoms with Gasteiger partial charge in [-0.1, -0.05) is 53.2 Å². The number of anilines is 1. The van der Waals surface area contributed by atoms with Crippen molar-refractivity contribution in [2.75, 3.05) is 17.7 Å². The van der Waals surface area contributed by atoms with Crippen LogP contribution in [0.4, 0.5) is 5.95 Å². The van der Waals surface area contributed by atoms with Crippen molar-refractivity contribution in [2.45, 2.75) is 44.8 Å². The average Bonchev–Trinajstić information content (AvgIpc) is 3.04. The number of benzene rings is 1. The first kappa shape index (κ1) is 19.9. The smallest absolute Gasteiger partial charge is 0.338 e. The van der Waals surface area contributed by atoms with E-state index in [-0.39, 0.29) is 12.0 Å². The Labute approximate surface area is 171 Å². The Hall–Kier alpha value is -1.80. The summed E-state index contributed by atoms with van der Waals surface area (Å²) in [6.45, 7) is 6.17. The predicted molar refractivity (Wildman–Crippen MR) is 111 cm³/mol. The van der Waals surface area contributed by atoms with E-state index in [1.807, 2.05) is 38.1 Å². The molecule has 0 unspecified atom stereocenters. The molecule has 1 atom stereocenters. The maximum absolute atomic E-state index is 12.7. The van der Waals surface area contributed by atoms with Gasteiger partial charge in [0, 0.05) is 15.9 Å². The second-order valence-electron chi connectivity index (χ2n) is 6.20. The van der Waals surface area contributed by atoms with E-state index in [0.29, 0.717) is 23.3 Å². The number of carbonyl (C=O) groups is 1. The van der Waals surface area contributed by atoms with Crippen LogP contribution in [-0.2, 0) is 9.53 Å². The van der Waals surface area contributed by atoms with Crippen molar-refractivity contribution in [3.8, 4) is 0 Å². The Morgan fingerprint density at radius 1 is 1.33 bits per heavy atom. The van der Waals surface area contributed by atoms with E-state index >= 15 is 0 Å². The maximum Gasteiger partial charge on any atom is 0.338 e. The van der Waals surface area contributed by atoms with E-state index in [0.717, 1.165) is 34.3 Å². The minimum atomic E-state index is -0.374. The van der Waals surface area contributed by atoms with Gasteiger partial charge < -0.3 is 10.1 Å². The van der Waals surface area contributed by atoms with Crippen LogP contribution < -0.4 is 5.32 Å². The fourth-order valence-corrected chi connectivity index (χ4v) is 4.10. The molecule has 1 aromatic heterocycles. The van der Waals surface area contributed by atoms with Crippen LogP contribution in [0.2, 0.25) is 0 Å². The third-order valence-corrected chi connectivity index (χ3v) is 5.70. The van der Waals surface area contributed by atoms with Crippen LogP contribution in [-0.4, -0.2) is 33.1 Å². The summed E-state index contributed by atoms with van der Waals surface area (Å²) in [5.41, 5.74) is 2.26. The topological polar surface area (TPSA) is 69.0 Å². The first-order valence-electron chi connectivity index (χ1n) is 9.04. The summed E-state index contributed by atoms with van der Waals surface area (Å²) < 4.78 is 8.08. The zero-order valence-corrected chi connectivity index (χ0v) is 18.1. The summed E-state index contributed by atoms with van der Waals surface area (Å²) in [5, 5.41) is 8.61. The lowest BCUT2D eigenvalue weighted by Gasteiger charge is -2.28. The Morgan fingerprint density at radius 3 is 2.74 bits per heavy atom. The molecule has 1 N–H and O–H groups in total. The summed E-state index contributed by atoms with van der Waals surface area (Å²) in [4.78, 5) is 17.3.